The molecule has 2 N–H and O–H groups in total. The fraction of sp³-hybridized carbons (Fsp3) is 0.500. The van der Waals surface area contributed by atoms with E-state index in [-0.39, 0.29) is 12.5 Å². The second-order valence-electron chi connectivity index (χ2n) is 4.60. The third kappa shape index (κ3) is 3.61. The summed E-state index contributed by atoms with van der Waals surface area (Å²) in [5.41, 5.74) is 7.61. The first-order valence-corrected chi connectivity index (χ1v) is 6.66. The fourth-order valence-electron chi connectivity index (χ4n) is 2.18. The maximum Gasteiger partial charge on any atom is 0.248 e. The van der Waals surface area contributed by atoms with E-state index in [2.05, 4.69) is 4.90 Å². The first kappa shape index (κ1) is 13.7. The summed E-state index contributed by atoms with van der Waals surface area (Å²) in [5.74, 6) is 0.0822. The van der Waals surface area contributed by atoms with Crippen LogP contribution in [0.25, 0.3) is 0 Å². The van der Waals surface area contributed by atoms with Crippen molar-refractivity contribution < 1.29 is 9.53 Å². The van der Waals surface area contributed by atoms with Crippen molar-refractivity contribution in [3.63, 3.8) is 0 Å². The molecule has 0 atom stereocenters. The first-order valence-electron chi connectivity index (χ1n) is 6.66. The van der Waals surface area contributed by atoms with E-state index in [1.807, 2.05) is 36.1 Å². The number of nitrogens with zero attached hydrogens (tertiary/aromatic N) is 2. The Bertz CT molecular complexity index is 411. The van der Waals surface area contributed by atoms with E-state index < -0.39 is 0 Å². The van der Waals surface area contributed by atoms with E-state index in [4.69, 9.17) is 10.5 Å². The molecule has 0 saturated carbocycles. The number of nitrogens with two attached hydrogens (primary N) is 1. The van der Waals surface area contributed by atoms with Gasteiger partial charge in [-0.25, -0.2) is 0 Å². The number of anilines is 2. The van der Waals surface area contributed by atoms with Crippen LogP contribution in [0.5, 0.6) is 0 Å². The third-order valence-electron chi connectivity index (χ3n) is 3.32. The quantitative estimate of drug-likeness (QED) is 0.822. The van der Waals surface area contributed by atoms with Crippen LogP contribution in [0.2, 0.25) is 0 Å². The molecule has 1 aliphatic heterocycles. The van der Waals surface area contributed by atoms with E-state index in [1.54, 1.807) is 0 Å². The van der Waals surface area contributed by atoms with Crippen molar-refractivity contribution in [2.24, 2.45) is 0 Å². The molecule has 0 unspecified atom stereocenters. The summed E-state index contributed by atoms with van der Waals surface area (Å²) in [5, 5.41) is 0. The Labute approximate surface area is 113 Å². The predicted octanol–water partition coefficient (Wildman–Crippen LogP) is 0.954. The maximum absolute atomic E-state index is 11.8. The van der Waals surface area contributed by atoms with Gasteiger partial charge in [-0.05, 0) is 31.2 Å². The Morgan fingerprint density at radius 3 is 2.42 bits per heavy atom. The molecule has 5 nitrogen and oxygen atoms in total. The van der Waals surface area contributed by atoms with Gasteiger partial charge in [-0.15, -0.1) is 0 Å². The number of hydrogen-bond donors (Lipinski definition) is 1. The predicted molar refractivity (Wildman–Crippen MR) is 76.1 cm³/mol. The Morgan fingerprint density at radius 1 is 1.21 bits per heavy atom. The molecular formula is C14H21N3O2. The molecule has 1 aliphatic rings. The molecule has 0 aromatic heterocycles. The SMILES string of the molecule is CCOCC(=O)N1CCN(c2ccc(N)cc2)CC1. The standard InChI is InChI=1S/C14H21N3O2/c1-2-19-11-14(18)17-9-7-16(8-10-17)13-5-3-12(15)4-6-13/h3-6H,2,7-11,15H2,1H3. The molecular weight excluding hydrogens is 242 g/mol. The van der Waals surface area contributed by atoms with Crippen LogP contribution in [0.4, 0.5) is 11.4 Å². The van der Waals surface area contributed by atoms with Crippen LogP contribution in [0.1, 0.15) is 6.92 Å². The van der Waals surface area contributed by atoms with Crippen molar-refractivity contribution >= 4 is 17.3 Å². The highest BCUT2D eigenvalue weighted by molar-refractivity contribution is 5.77. The van der Waals surface area contributed by atoms with Crippen LogP contribution in [-0.2, 0) is 9.53 Å². The van der Waals surface area contributed by atoms with Gasteiger partial charge in [0.25, 0.3) is 0 Å². The second-order valence-corrected chi connectivity index (χ2v) is 4.60. The Kier molecular flexibility index (Phi) is 4.63. The summed E-state index contributed by atoms with van der Waals surface area (Å²) in [6.07, 6.45) is 0. The van der Waals surface area contributed by atoms with Crippen LogP contribution in [-0.4, -0.2) is 50.2 Å². The van der Waals surface area contributed by atoms with Crippen LogP contribution < -0.4 is 10.6 Å². The highest BCUT2D eigenvalue weighted by Crippen LogP contribution is 2.18. The van der Waals surface area contributed by atoms with Crippen molar-refractivity contribution in [2.45, 2.75) is 6.92 Å². The molecule has 1 aromatic rings. The van der Waals surface area contributed by atoms with Crippen molar-refractivity contribution in [3.8, 4) is 0 Å². The second kappa shape index (κ2) is 6.43. The van der Waals surface area contributed by atoms with Gasteiger partial charge in [0, 0.05) is 44.2 Å². The lowest BCUT2D eigenvalue weighted by molar-refractivity contribution is -0.136. The Morgan fingerprint density at radius 2 is 1.84 bits per heavy atom. The summed E-state index contributed by atoms with van der Waals surface area (Å²) in [6, 6.07) is 7.85. The first-order chi connectivity index (χ1) is 9.20. The van der Waals surface area contributed by atoms with E-state index in [0.29, 0.717) is 6.61 Å². The summed E-state index contributed by atoms with van der Waals surface area (Å²) < 4.78 is 5.15. The number of piperazine rings is 1. The third-order valence-corrected chi connectivity index (χ3v) is 3.32. The van der Waals surface area contributed by atoms with Crippen molar-refractivity contribution in [3.05, 3.63) is 24.3 Å². The zero-order valence-corrected chi connectivity index (χ0v) is 11.3. The molecule has 2 rings (SSSR count). The largest absolute Gasteiger partial charge is 0.399 e. The number of nitrogen functional groups attached to an aromatic ring is 1. The average Bonchev–Trinajstić information content (AvgIpc) is 2.46. The van der Waals surface area contributed by atoms with Gasteiger partial charge in [-0.2, -0.15) is 0 Å². The molecule has 1 aromatic carbocycles. The minimum absolute atomic E-state index is 0.0822. The lowest BCUT2D eigenvalue weighted by atomic mass is 10.2. The lowest BCUT2D eigenvalue weighted by Gasteiger charge is -2.36. The number of ether oxygens (including phenoxy) is 1. The van der Waals surface area contributed by atoms with Gasteiger partial charge >= 0.3 is 0 Å². The fourth-order valence-corrected chi connectivity index (χ4v) is 2.18. The molecule has 0 radical (unpaired) electrons. The van der Waals surface area contributed by atoms with Crippen LogP contribution in [0.15, 0.2) is 24.3 Å². The summed E-state index contributed by atoms with van der Waals surface area (Å²) >= 11 is 0. The normalized spacial score (nSPS) is 15.6. The smallest absolute Gasteiger partial charge is 0.248 e. The Hall–Kier alpha value is -1.75. The van der Waals surface area contributed by atoms with Gasteiger partial charge in [0.05, 0.1) is 0 Å². The van der Waals surface area contributed by atoms with E-state index in [9.17, 15) is 4.79 Å². The molecule has 0 bridgehead atoms. The summed E-state index contributed by atoms with van der Waals surface area (Å²) in [4.78, 5) is 15.9. The van der Waals surface area contributed by atoms with E-state index >= 15 is 0 Å². The zero-order chi connectivity index (χ0) is 13.7. The van der Waals surface area contributed by atoms with Crippen LogP contribution >= 0.6 is 0 Å². The monoisotopic (exact) mass is 263 g/mol. The average molecular weight is 263 g/mol. The van der Waals surface area contributed by atoms with Gasteiger partial charge in [0.1, 0.15) is 6.61 Å². The number of amides is 1. The minimum atomic E-state index is 0.0822. The zero-order valence-electron chi connectivity index (χ0n) is 11.3. The number of benzene rings is 1. The Balaban J connectivity index is 1.85. The minimum Gasteiger partial charge on any atom is -0.399 e. The van der Waals surface area contributed by atoms with E-state index in [1.165, 1.54) is 0 Å². The van der Waals surface area contributed by atoms with Gasteiger partial charge in [0.2, 0.25) is 5.91 Å². The van der Waals surface area contributed by atoms with Gasteiger partial charge in [-0.1, -0.05) is 0 Å². The number of carbonyl (C=O) groups is 1. The molecule has 1 saturated heterocycles. The van der Waals surface area contributed by atoms with Gasteiger partial charge < -0.3 is 20.3 Å². The van der Waals surface area contributed by atoms with Gasteiger partial charge in [-0.3, -0.25) is 4.79 Å². The molecule has 1 amide bonds. The van der Waals surface area contributed by atoms with Crippen molar-refractivity contribution in [1.82, 2.24) is 4.90 Å². The van der Waals surface area contributed by atoms with Crippen molar-refractivity contribution in [2.75, 3.05) is 50.0 Å². The molecule has 19 heavy (non-hydrogen) atoms. The molecule has 104 valence electrons. The maximum atomic E-state index is 11.8. The number of rotatable bonds is 4. The molecule has 1 fully saturated rings. The molecule has 5 heteroatoms. The summed E-state index contributed by atoms with van der Waals surface area (Å²) in [7, 11) is 0. The van der Waals surface area contributed by atoms with E-state index in [0.717, 1.165) is 37.6 Å². The topological polar surface area (TPSA) is 58.8 Å². The van der Waals surface area contributed by atoms with Crippen molar-refractivity contribution in [1.29, 1.82) is 0 Å². The highest BCUT2D eigenvalue weighted by Gasteiger charge is 2.20. The summed E-state index contributed by atoms with van der Waals surface area (Å²) in [6.45, 7) is 5.86. The van der Waals surface area contributed by atoms with Gasteiger partial charge in [0.15, 0.2) is 0 Å². The number of hydrogen-bond acceptors (Lipinski definition) is 4. The molecule has 0 spiro atoms. The molecule has 0 aliphatic carbocycles. The lowest BCUT2D eigenvalue weighted by Crippen LogP contribution is -2.49. The number of carbonyl (C=O) groups excluding carboxylic acids is 1. The highest BCUT2D eigenvalue weighted by atomic mass is 16.5. The molecule has 1 heterocycles. The van der Waals surface area contributed by atoms with Crippen LogP contribution in [0, 0.1) is 0 Å². The van der Waals surface area contributed by atoms with Crippen LogP contribution in [0.3, 0.4) is 0 Å².